The maximum absolute atomic E-state index is 11.4. The first-order valence-electron chi connectivity index (χ1n) is 5.75. The number of carbonyl (C=O) groups is 1. The van der Waals surface area contributed by atoms with E-state index in [2.05, 4.69) is 16.6 Å². The monoisotopic (exact) mass is 251 g/mol. The highest BCUT2D eigenvalue weighted by Crippen LogP contribution is 2.14. The maximum Gasteiger partial charge on any atom is 0.337 e. The highest BCUT2D eigenvalue weighted by Gasteiger charge is 2.06. The highest BCUT2D eigenvalue weighted by atomic mass is 16.5. The van der Waals surface area contributed by atoms with Crippen molar-refractivity contribution in [3.05, 3.63) is 65.2 Å². The number of methoxy groups -OCH3 is 1. The molecule has 0 spiro atoms. The number of hydrogen-bond donors (Lipinski definition) is 1. The van der Waals surface area contributed by atoms with E-state index in [1.807, 2.05) is 30.3 Å². The predicted octanol–water partition coefficient (Wildman–Crippen LogP) is 2.46. The number of anilines is 1. The summed E-state index contributed by atoms with van der Waals surface area (Å²) in [4.78, 5) is 11.4. The van der Waals surface area contributed by atoms with Gasteiger partial charge < -0.3 is 10.5 Å². The molecule has 19 heavy (non-hydrogen) atoms. The highest BCUT2D eigenvalue weighted by molar-refractivity contribution is 5.90. The van der Waals surface area contributed by atoms with Gasteiger partial charge in [0.05, 0.1) is 12.7 Å². The van der Waals surface area contributed by atoms with Crippen LogP contribution in [0.1, 0.15) is 21.5 Å². The van der Waals surface area contributed by atoms with Crippen LogP contribution in [0.15, 0.2) is 48.5 Å². The quantitative estimate of drug-likeness (QED) is 0.481. The molecule has 0 heterocycles. The van der Waals surface area contributed by atoms with Gasteiger partial charge in [-0.2, -0.15) is 0 Å². The van der Waals surface area contributed by atoms with Crippen molar-refractivity contribution < 1.29 is 9.53 Å². The Morgan fingerprint density at radius 3 is 2.53 bits per heavy atom. The summed E-state index contributed by atoms with van der Waals surface area (Å²) in [5.41, 5.74) is 8.33. The van der Waals surface area contributed by atoms with Crippen LogP contribution in [0.4, 0.5) is 5.69 Å². The fourth-order valence-corrected chi connectivity index (χ4v) is 1.57. The van der Waals surface area contributed by atoms with E-state index < -0.39 is 5.97 Å². The molecule has 0 atom stereocenters. The second-order valence-electron chi connectivity index (χ2n) is 3.91. The molecule has 3 heteroatoms. The van der Waals surface area contributed by atoms with Crippen molar-refractivity contribution >= 4 is 11.7 Å². The van der Waals surface area contributed by atoms with Crippen LogP contribution >= 0.6 is 0 Å². The summed E-state index contributed by atoms with van der Waals surface area (Å²) in [6.07, 6.45) is 0. The number of nitrogens with two attached hydrogens (primary N) is 1. The molecule has 0 fully saturated rings. The number of ether oxygens (including phenoxy) is 1. The van der Waals surface area contributed by atoms with Crippen LogP contribution in [0.25, 0.3) is 0 Å². The Morgan fingerprint density at radius 2 is 1.84 bits per heavy atom. The lowest BCUT2D eigenvalue weighted by atomic mass is 10.1. The van der Waals surface area contributed by atoms with Gasteiger partial charge in [0.25, 0.3) is 0 Å². The maximum atomic E-state index is 11.4. The molecule has 0 aliphatic rings. The first-order chi connectivity index (χ1) is 9.20. The Kier molecular flexibility index (Phi) is 3.84. The van der Waals surface area contributed by atoms with E-state index in [4.69, 9.17) is 5.73 Å². The average Bonchev–Trinajstić information content (AvgIpc) is 2.46. The van der Waals surface area contributed by atoms with Gasteiger partial charge in [-0.15, -0.1) is 0 Å². The summed E-state index contributed by atoms with van der Waals surface area (Å²) in [7, 11) is 1.34. The zero-order valence-electron chi connectivity index (χ0n) is 10.5. The second kappa shape index (κ2) is 5.74. The smallest absolute Gasteiger partial charge is 0.337 e. The third-order valence-electron chi connectivity index (χ3n) is 2.59. The zero-order valence-corrected chi connectivity index (χ0v) is 10.5. The van der Waals surface area contributed by atoms with E-state index in [9.17, 15) is 4.79 Å². The van der Waals surface area contributed by atoms with Crippen LogP contribution in [0.2, 0.25) is 0 Å². The Bertz CT molecular complexity index is 651. The minimum Gasteiger partial charge on any atom is -0.465 e. The summed E-state index contributed by atoms with van der Waals surface area (Å²) in [5.74, 6) is 5.57. The third kappa shape index (κ3) is 3.14. The molecule has 0 unspecified atom stereocenters. The number of carbonyl (C=O) groups excluding carboxylic acids is 1. The van der Waals surface area contributed by atoms with Gasteiger partial charge in [-0.3, -0.25) is 0 Å². The largest absolute Gasteiger partial charge is 0.465 e. The molecule has 0 saturated carbocycles. The fraction of sp³-hybridized carbons (Fsp3) is 0.0625. The SMILES string of the molecule is COC(=O)c1ccc(N)c(C#Cc2ccccc2)c1. The first-order valence-corrected chi connectivity index (χ1v) is 5.75. The van der Waals surface area contributed by atoms with Crippen LogP contribution in [-0.4, -0.2) is 13.1 Å². The minimum atomic E-state index is -0.400. The van der Waals surface area contributed by atoms with Crippen LogP contribution < -0.4 is 5.73 Å². The molecule has 0 aliphatic carbocycles. The molecule has 0 bridgehead atoms. The van der Waals surface area contributed by atoms with Crippen molar-refractivity contribution in [1.29, 1.82) is 0 Å². The average molecular weight is 251 g/mol. The molecule has 0 aromatic heterocycles. The lowest BCUT2D eigenvalue weighted by Gasteiger charge is -2.02. The number of hydrogen-bond acceptors (Lipinski definition) is 3. The van der Waals surface area contributed by atoms with Crippen molar-refractivity contribution in [3.8, 4) is 11.8 Å². The van der Waals surface area contributed by atoms with E-state index in [-0.39, 0.29) is 0 Å². The number of rotatable bonds is 1. The predicted molar refractivity (Wildman–Crippen MR) is 74.6 cm³/mol. The van der Waals surface area contributed by atoms with E-state index >= 15 is 0 Å². The molecule has 0 radical (unpaired) electrons. The van der Waals surface area contributed by atoms with E-state index in [1.54, 1.807) is 18.2 Å². The van der Waals surface area contributed by atoms with Gasteiger partial charge in [-0.05, 0) is 30.3 Å². The third-order valence-corrected chi connectivity index (χ3v) is 2.59. The van der Waals surface area contributed by atoms with Crippen molar-refractivity contribution in [2.75, 3.05) is 12.8 Å². The Balaban J connectivity index is 2.35. The zero-order chi connectivity index (χ0) is 13.7. The molecular formula is C16H13NO2. The summed E-state index contributed by atoms with van der Waals surface area (Å²) < 4.78 is 4.67. The van der Waals surface area contributed by atoms with Crippen LogP contribution in [-0.2, 0) is 4.74 Å². The molecule has 2 N–H and O–H groups in total. The lowest BCUT2D eigenvalue weighted by molar-refractivity contribution is 0.0600. The second-order valence-corrected chi connectivity index (χ2v) is 3.91. The molecule has 2 rings (SSSR count). The van der Waals surface area contributed by atoms with Gasteiger partial charge >= 0.3 is 5.97 Å². The van der Waals surface area contributed by atoms with Gasteiger partial charge in [0.1, 0.15) is 0 Å². The standard InChI is InChI=1S/C16H13NO2/c1-19-16(18)14-9-10-15(17)13(11-14)8-7-12-5-3-2-4-6-12/h2-6,9-11H,17H2,1H3. The summed E-state index contributed by atoms with van der Waals surface area (Å²) in [5, 5.41) is 0. The van der Waals surface area contributed by atoms with Gasteiger partial charge in [0.15, 0.2) is 0 Å². The molecule has 2 aromatic carbocycles. The fourth-order valence-electron chi connectivity index (χ4n) is 1.57. The molecule has 0 amide bonds. The summed E-state index contributed by atoms with van der Waals surface area (Å²) >= 11 is 0. The lowest BCUT2D eigenvalue weighted by Crippen LogP contribution is -2.02. The topological polar surface area (TPSA) is 52.3 Å². The number of nitrogen functional groups attached to an aromatic ring is 1. The number of benzene rings is 2. The van der Waals surface area contributed by atoms with Crippen molar-refractivity contribution in [1.82, 2.24) is 0 Å². The normalized spacial score (nSPS) is 9.32. The Hall–Kier alpha value is -2.73. The van der Waals surface area contributed by atoms with Crippen LogP contribution in [0, 0.1) is 11.8 Å². The summed E-state index contributed by atoms with van der Waals surface area (Å²) in [6.45, 7) is 0. The van der Waals surface area contributed by atoms with Crippen molar-refractivity contribution in [2.24, 2.45) is 0 Å². The molecule has 0 aliphatic heterocycles. The van der Waals surface area contributed by atoms with Crippen LogP contribution in [0.5, 0.6) is 0 Å². The summed E-state index contributed by atoms with van der Waals surface area (Å²) in [6, 6.07) is 14.5. The van der Waals surface area contributed by atoms with Crippen molar-refractivity contribution in [2.45, 2.75) is 0 Å². The molecule has 3 nitrogen and oxygen atoms in total. The number of esters is 1. The van der Waals surface area contributed by atoms with Gasteiger partial charge in [0, 0.05) is 16.8 Å². The van der Waals surface area contributed by atoms with Gasteiger partial charge in [-0.25, -0.2) is 4.79 Å². The Morgan fingerprint density at radius 1 is 1.11 bits per heavy atom. The van der Waals surface area contributed by atoms with E-state index in [0.29, 0.717) is 16.8 Å². The molecule has 94 valence electrons. The van der Waals surface area contributed by atoms with Crippen molar-refractivity contribution in [3.63, 3.8) is 0 Å². The minimum absolute atomic E-state index is 0.400. The van der Waals surface area contributed by atoms with Crippen LogP contribution in [0.3, 0.4) is 0 Å². The van der Waals surface area contributed by atoms with E-state index in [0.717, 1.165) is 5.56 Å². The molecule has 0 saturated heterocycles. The van der Waals surface area contributed by atoms with E-state index in [1.165, 1.54) is 7.11 Å². The first kappa shape index (κ1) is 12.7. The van der Waals surface area contributed by atoms with Gasteiger partial charge in [-0.1, -0.05) is 30.0 Å². The molecule has 2 aromatic rings. The Labute approximate surface area is 112 Å². The van der Waals surface area contributed by atoms with Gasteiger partial charge in [0.2, 0.25) is 0 Å². The molecular weight excluding hydrogens is 238 g/mol.